The Morgan fingerprint density at radius 2 is 1.21 bits per heavy atom. The summed E-state index contributed by atoms with van der Waals surface area (Å²) in [5.74, 6) is -1.00. The number of para-hydroxylation sites is 3. The second kappa shape index (κ2) is 5.72. The predicted molar refractivity (Wildman–Crippen MR) is 113 cm³/mol. The Kier molecular flexibility index (Phi) is 3.15. The van der Waals surface area contributed by atoms with Gasteiger partial charge in [0.05, 0.1) is 5.56 Å². The van der Waals surface area contributed by atoms with E-state index in [9.17, 15) is 9.90 Å². The van der Waals surface area contributed by atoms with Crippen LogP contribution >= 0.6 is 0 Å². The van der Waals surface area contributed by atoms with Crippen molar-refractivity contribution >= 4 is 49.8 Å². The number of carbonyl (C=O) groups is 1. The van der Waals surface area contributed by atoms with Crippen LogP contribution in [0.5, 0.6) is 0 Å². The number of aromatic carboxylic acids is 1. The third-order valence-electron chi connectivity index (χ3n) is 5.45. The third kappa shape index (κ3) is 2.17. The standard InChI is InChI=1S/C25H14O4/c26-25(27)19-13-12-17-15-7-2-4-11-21(15)29-24(17)22(19)18-9-5-8-16-14-6-1-3-10-20(14)28-23(16)18/h1-13H,(H,26,27). The van der Waals surface area contributed by atoms with Gasteiger partial charge < -0.3 is 13.9 Å². The largest absolute Gasteiger partial charge is 0.478 e. The molecular weight excluding hydrogens is 364 g/mol. The van der Waals surface area contributed by atoms with Gasteiger partial charge >= 0.3 is 5.97 Å². The molecule has 0 saturated carbocycles. The third-order valence-corrected chi connectivity index (χ3v) is 5.45. The Morgan fingerprint density at radius 1 is 0.621 bits per heavy atom. The summed E-state index contributed by atoms with van der Waals surface area (Å²) in [6.45, 7) is 0. The number of benzene rings is 4. The van der Waals surface area contributed by atoms with Gasteiger partial charge in [-0.25, -0.2) is 4.79 Å². The highest BCUT2D eigenvalue weighted by Crippen LogP contribution is 2.42. The van der Waals surface area contributed by atoms with E-state index >= 15 is 0 Å². The zero-order chi connectivity index (χ0) is 19.5. The van der Waals surface area contributed by atoms with Gasteiger partial charge in [-0.3, -0.25) is 0 Å². The maximum Gasteiger partial charge on any atom is 0.336 e. The zero-order valence-corrected chi connectivity index (χ0v) is 15.2. The van der Waals surface area contributed by atoms with Gasteiger partial charge in [0, 0.05) is 32.7 Å². The van der Waals surface area contributed by atoms with E-state index in [0.717, 1.165) is 32.7 Å². The van der Waals surface area contributed by atoms with Crippen molar-refractivity contribution in [3.8, 4) is 11.1 Å². The molecule has 138 valence electrons. The van der Waals surface area contributed by atoms with Crippen molar-refractivity contribution in [1.82, 2.24) is 0 Å². The molecule has 0 unspecified atom stereocenters. The summed E-state index contributed by atoms with van der Waals surface area (Å²) >= 11 is 0. The molecule has 0 saturated heterocycles. The first-order valence-electron chi connectivity index (χ1n) is 9.30. The van der Waals surface area contributed by atoms with Crippen LogP contribution in [0.4, 0.5) is 0 Å². The fourth-order valence-electron chi connectivity index (χ4n) is 4.18. The van der Waals surface area contributed by atoms with Gasteiger partial charge in [-0.1, -0.05) is 54.6 Å². The van der Waals surface area contributed by atoms with Gasteiger partial charge in [-0.15, -0.1) is 0 Å². The second-order valence-corrected chi connectivity index (χ2v) is 7.05. The molecule has 4 nitrogen and oxygen atoms in total. The zero-order valence-electron chi connectivity index (χ0n) is 15.2. The monoisotopic (exact) mass is 378 g/mol. The Balaban J connectivity index is 1.81. The summed E-state index contributed by atoms with van der Waals surface area (Å²) in [5, 5.41) is 13.7. The minimum atomic E-state index is -1.00. The first-order valence-corrected chi connectivity index (χ1v) is 9.30. The number of fused-ring (bicyclic) bond motifs is 6. The predicted octanol–water partition coefficient (Wildman–Crippen LogP) is 6.85. The molecule has 0 aliphatic rings. The van der Waals surface area contributed by atoms with E-state index in [-0.39, 0.29) is 5.56 Å². The molecule has 6 aromatic rings. The molecule has 2 heterocycles. The average molecular weight is 378 g/mol. The average Bonchev–Trinajstić information content (AvgIpc) is 3.31. The lowest BCUT2D eigenvalue weighted by atomic mass is 9.95. The van der Waals surface area contributed by atoms with Crippen molar-refractivity contribution < 1.29 is 18.7 Å². The lowest BCUT2D eigenvalue weighted by Crippen LogP contribution is -2.00. The molecule has 0 radical (unpaired) electrons. The maximum atomic E-state index is 12.1. The number of carboxylic acids is 1. The SMILES string of the molecule is O=C(O)c1ccc2c(oc3ccccc32)c1-c1cccc2c1oc1ccccc12. The molecule has 0 fully saturated rings. The van der Waals surface area contributed by atoms with E-state index in [1.54, 1.807) is 6.07 Å². The Bertz CT molecular complexity index is 1580. The molecule has 0 aliphatic heterocycles. The summed E-state index contributed by atoms with van der Waals surface area (Å²) in [6.07, 6.45) is 0. The van der Waals surface area contributed by atoms with Crippen LogP contribution in [0.3, 0.4) is 0 Å². The molecule has 0 bridgehead atoms. The van der Waals surface area contributed by atoms with Crippen LogP contribution in [-0.4, -0.2) is 11.1 Å². The number of hydrogen-bond donors (Lipinski definition) is 1. The van der Waals surface area contributed by atoms with Gasteiger partial charge in [-0.2, -0.15) is 0 Å². The Labute approximate surface area is 164 Å². The van der Waals surface area contributed by atoms with Crippen molar-refractivity contribution in [3.63, 3.8) is 0 Å². The summed E-state index contributed by atoms with van der Waals surface area (Å²) < 4.78 is 12.3. The highest BCUT2D eigenvalue weighted by atomic mass is 16.4. The molecule has 0 aliphatic carbocycles. The smallest absolute Gasteiger partial charge is 0.336 e. The van der Waals surface area contributed by atoms with E-state index < -0.39 is 5.97 Å². The topological polar surface area (TPSA) is 63.6 Å². The van der Waals surface area contributed by atoms with Crippen LogP contribution in [0.15, 0.2) is 87.7 Å². The van der Waals surface area contributed by atoms with E-state index in [2.05, 4.69) is 0 Å². The van der Waals surface area contributed by atoms with Crippen LogP contribution in [0.2, 0.25) is 0 Å². The highest BCUT2D eigenvalue weighted by Gasteiger charge is 2.23. The van der Waals surface area contributed by atoms with E-state index in [1.807, 2.05) is 72.8 Å². The van der Waals surface area contributed by atoms with Gasteiger partial charge in [0.2, 0.25) is 0 Å². The Hall–Kier alpha value is -4.05. The Morgan fingerprint density at radius 3 is 1.90 bits per heavy atom. The fraction of sp³-hybridized carbons (Fsp3) is 0. The molecule has 0 amide bonds. The fourth-order valence-corrected chi connectivity index (χ4v) is 4.18. The molecule has 0 spiro atoms. The van der Waals surface area contributed by atoms with Crippen molar-refractivity contribution in [2.75, 3.05) is 0 Å². The molecule has 29 heavy (non-hydrogen) atoms. The quantitative estimate of drug-likeness (QED) is 0.358. The summed E-state index contributed by atoms with van der Waals surface area (Å²) in [7, 11) is 0. The van der Waals surface area contributed by atoms with E-state index in [1.165, 1.54) is 0 Å². The lowest BCUT2D eigenvalue weighted by molar-refractivity contribution is 0.0698. The van der Waals surface area contributed by atoms with E-state index in [0.29, 0.717) is 22.3 Å². The molecular formula is C25H14O4. The summed E-state index contributed by atoms with van der Waals surface area (Å²) in [6, 6.07) is 24.8. The molecule has 2 aromatic heterocycles. The first-order chi connectivity index (χ1) is 14.2. The molecule has 4 heteroatoms. The summed E-state index contributed by atoms with van der Waals surface area (Å²) in [4.78, 5) is 12.1. The van der Waals surface area contributed by atoms with Crippen molar-refractivity contribution in [3.05, 3.63) is 84.4 Å². The number of hydrogen-bond acceptors (Lipinski definition) is 3. The normalized spacial score (nSPS) is 11.7. The maximum absolute atomic E-state index is 12.1. The highest BCUT2D eigenvalue weighted by molar-refractivity contribution is 6.18. The van der Waals surface area contributed by atoms with Crippen LogP contribution in [0, 0.1) is 0 Å². The summed E-state index contributed by atoms with van der Waals surface area (Å²) in [5.41, 5.74) is 4.14. The van der Waals surface area contributed by atoms with E-state index in [4.69, 9.17) is 8.83 Å². The molecule has 0 atom stereocenters. The van der Waals surface area contributed by atoms with Gasteiger partial charge in [-0.05, 0) is 24.3 Å². The van der Waals surface area contributed by atoms with Gasteiger partial charge in [0.25, 0.3) is 0 Å². The molecule has 1 N–H and O–H groups in total. The van der Waals surface area contributed by atoms with Crippen molar-refractivity contribution in [1.29, 1.82) is 0 Å². The van der Waals surface area contributed by atoms with Crippen LogP contribution in [-0.2, 0) is 0 Å². The minimum absolute atomic E-state index is 0.185. The van der Waals surface area contributed by atoms with Gasteiger partial charge in [0.1, 0.15) is 22.3 Å². The van der Waals surface area contributed by atoms with Crippen LogP contribution in [0.1, 0.15) is 10.4 Å². The minimum Gasteiger partial charge on any atom is -0.478 e. The number of carboxylic acid groups (broad SMARTS) is 1. The van der Waals surface area contributed by atoms with Crippen molar-refractivity contribution in [2.24, 2.45) is 0 Å². The first kappa shape index (κ1) is 16.0. The lowest BCUT2D eigenvalue weighted by Gasteiger charge is -2.08. The molecule has 6 rings (SSSR count). The van der Waals surface area contributed by atoms with Crippen LogP contribution in [0.25, 0.3) is 55.0 Å². The molecule has 4 aromatic carbocycles. The second-order valence-electron chi connectivity index (χ2n) is 7.05. The van der Waals surface area contributed by atoms with Crippen molar-refractivity contribution in [2.45, 2.75) is 0 Å². The van der Waals surface area contributed by atoms with Gasteiger partial charge in [0.15, 0.2) is 0 Å². The number of rotatable bonds is 2. The number of furan rings is 2. The van der Waals surface area contributed by atoms with Crippen LogP contribution < -0.4 is 0 Å².